The predicted molar refractivity (Wildman–Crippen MR) is 159 cm³/mol. The van der Waals surface area contributed by atoms with Gasteiger partial charge in [0.15, 0.2) is 0 Å². The average Bonchev–Trinajstić information content (AvgIpc) is 2.99. The summed E-state index contributed by atoms with van der Waals surface area (Å²) in [5.74, 6) is -1.40. The lowest BCUT2D eigenvalue weighted by atomic mass is 10.2. The normalized spacial score (nSPS) is 11.7. The van der Waals surface area contributed by atoms with Crippen LogP contribution in [0.5, 0.6) is 0 Å². The van der Waals surface area contributed by atoms with Crippen molar-refractivity contribution in [2.45, 2.75) is 65.1 Å². The first-order chi connectivity index (χ1) is 18.8. The molecule has 0 saturated carbocycles. The van der Waals surface area contributed by atoms with Crippen molar-refractivity contribution in [1.29, 1.82) is 0 Å². The van der Waals surface area contributed by atoms with Crippen LogP contribution in [-0.4, -0.2) is 47.6 Å². The Labute approximate surface area is 234 Å². The van der Waals surface area contributed by atoms with Crippen LogP contribution in [0.4, 0.5) is 0 Å². The zero-order valence-electron chi connectivity index (χ0n) is 23.9. The molecule has 0 bridgehead atoms. The molecule has 0 unspecified atom stereocenters. The van der Waals surface area contributed by atoms with Crippen LogP contribution in [-0.2, 0) is 24.3 Å². The molecule has 0 N–H and O–H groups in total. The zero-order valence-corrected chi connectivity index (χ0v) is 25.9. The molecular formula is C30H42O7Si2. The average molecular weight is 571 g/mol. The topological polar surface area (TPSA) is 80.3 Å². The molecular weight excluding hydrogens is 528 g/mol. The molecule has 7 nitrogen and oxygen atoms in total. The zero-order chi connectivity index (χ0) is 28.9. The smallest absolute Gasteiger partial charge is 0.373 e. The third-order valence-electron chi connectivity index (χ3n) is 7.62. The Hall–Kier alpha value is -2.83. The lowest BCUT2D eigenvalue weighted by Crippen LogP contribution is -2.44. The fraction of sp³-hybridized carbons (Fsp3) is 0.400. The SMILES string of the molecule is C=C[Si](CC)(CC)c1ccc(C(=O)OOC(COCC)OOC(=O)c2ccc([Si](C=C)(CC)CC)cc2)cc1. The number of benzene rings is 2. The van der Waals surface area contributed by atoms with Crippen LogP contribution in [0.25, 0.3) is 0 Å². The molecule has 0 saturated heterocycles. The summed E-state index contributed by atoms with van der Waals surface area (Å²) in [7, 11) is -3.56. The van der Waals surface area contributed by atoms with Crippen LogP contribution < -0.4 is 10.4 Å². The van der Waals surface area contributed by atoms with Gasteiger partial charge in [0.1, 0.15) is 22.8 Å². The van der Waals surface area contributed by atoms with Gasteiger partial charge in [-0.2, -0.15) is 0 Å². The Bertz CT molecular complexity index is 992. The van der Waals surface area contributed by atoms with Gasteiger partial charge in [0, 0.05) is 6.61 Å². The maximum Gasteiger partial charge on any atom is 0.373 e. The maximum atomic E-state index is 12.6. The van der Waals surface area contributed by atoms with Crippen LogP contribution >= 0.6 is 0 Å². The summed E-state index contributed by atoms with van der Waals surface area (Å²) in [6.45, 7) is 18.8. The van der Waals surface area contributed by atoms with Gasteiger partial charge in [0.05, 0.1) is 11.1 Å². The summed E-state index contributed by atoms with van der Waals surface area (Å²) in [5.41, 5.74) is 4.81. The summed E-state index contributed by atoms with van der Waals surface area (Å²) in [6.07, 6.45) is -1.27. The highest BCUT2D eigenvalue weighted by molar-refractivity contribution is 6.96. The van der Waals surface area contributed by atoms with Gasteiger partial charge in [-0.1, -0.05) is 97.9 Å². The van der Waals surface area contributed by atoms with Crippen LogP contribution in [0.3, 0.4) is 0 Å². The van der Waals surface area contributed by atoms with E-state index < -0.39 is 34.4 Å². The van der Waals surface area contributed by atoms with E-state index in [1.165, 1.54) is 10.4 Å². The number of carbonyl (C=O) groups is 2. The lowest BCUT2D eigenvalue weighted by Gasteiger charge is -2.26. The molecule has 2 aromatic rings. The van der Waals surface area contributed by atoms with Crippen LogP contribution in [0.2, 0.25) is 24.2 Å². The van der Waals surface area contributed by atoms with Gasteiger partial charge in [0.2, 0.25) is 0 Å². The number of carbonyl (C=O) groups excluding carboxylic acids is 2. The Kier molecular flexibility index (Phi) is 13.0. The maximum absolute atomic E-state index is 12.6. The minimum atomic E-state index is -1.78. The fourth-order valence-electron chi connectivity index (χ4n) is 4.58. The Balaban J connectivity index is 2.00. The Morgan fingerprint density at radius 3 is 1.33 bits per heavy atom. The lowest BCUT2D eigenvalue weighted by molar-refractivity contribution is -0.426. The number of ether oxygens (including phenoxy) is 1. The summed E-state index contributed by atoms with van der Waals surface area (Å²) in [4.78, 5) is 45.3. The molecule has 9 heteroatoms. The summed E-state index contributed by atoms with van der Waals surface area (Å²) < 4.78 is 5.31. The van der Waals surface area contributed by atoms with E-state index in [1.54, 1.807) is 31.2 Å². The quantitative estimate of drug-likeness (QED) is 0.103. The van der Waals surface area contributed by atoms with E-state index in [0.29, 0.717) is 17.7 Å². The minimum absolute atomic E-state index is 0.115. The molecule has 0 heterocycles. The van der Waals surface area contributed by atoms with Crippen LogP contribution in [0.1, 0.15) is 55.3 Å². The van der Waals surface area contributed by atoms with E-state index in [2.05, 4.69) is 52.3 Å². The molecule has 0 aromatic heterocycles. The van der Waals surface area contributed by atoms with Gasteiger partial charge in [-0.15, -0.1) is 22.9 Å². The van der Waals surface area contributed by atoms with Crippen molar-refractivity contribution in [2.75, 3.05) is 13.2 Å². The van der Waals surface area contributed by atoms with Gasteiger partial charge in [0.25, 0.3) is 6.29 Å². The highest BCUT2D eigenvalue weighted by Crippen LogP contribution is 2.18. The monoisotopic (exact) mass is 570 g/mol. The first kappa shape index (κ1) is 32.4. The van der Waals surface area contributed by atoms with E-state index in [-0.39, 0.29) is 6.61 Å². The molecule has 2 rings (SSSR count). The molecule has 212 valence electrons. The van der Waals surface area contributed by atoms with Gasteiger partial charge in [-0.05, 0) is 31.2 Å². The first-order valence-corrected chi connectivity index (χ1v) is 18.6. The van der Waals surface area contributed by atoms with Crippen molar-refractivity contribution >= 4 is 38.5 Å². The summed E-state index contributed by atoms with van der Waals surface area (Å²) in [6, 6.07) is 18.8. The third kappa shape index (κ3) is 8.09. The molecule has 0 aliphatic carbocycles. The van der Waals surface area contributed by atoms with E-state index in [0.717, 1.165) is 24.2 Å². The van der Waals surface area contributed by atoms with Crippen molar-refractivity contribution in [3.63, 3.8) is 0 Å². The van der Waals surface area contributed by atoms with Crippen LogP contribution in [0, 0.1) is 0 Å². The minimum Gasteiger partial charge on any atom is -0.376 e. The molecule has 0 aliphatic rings. The predicted octanol–water partition coefficient (Wildman–Crippen LogP) is 5.77. The molecule has 0 spiro atoms. The van der Waals surface area contributed by atoms with Gasteiger partial charge >= 0.3 is 11.9 Å². The van der Waals surface area contributed by atoms with Crippen molar-refractivity contribution in [2.24, 2.45) is 0 Å². The highest BCUT2D eigenvalue weighted by atomic mass is 28.3. The van der Waals surface area contributed by atoms with Crippen molar-refractivity contribution in [3.8, 4) is 0 Å². The number of hydrogen-bond donors (Lipinski definition) is 0. The number of rotatable bonds is 17. The molecule has 2 aromatic carbocycles. The van der Waals surface area contributed by atoms with E-state index >= 15 is 0 Å². The van der Waals surface area contributed by atoms with E-state index in [1.807, 2.05) is 24.3 Å². The molecule has 0 aliphatic heterocycles. The van der Waals surface area contributed by atoms with Gasteiger partial charge in [-0.25, -0.2) is 9.59 Å². The van der Waals surface area contributed by atoms with Crippen molar-refractivity contribution in [1.82, 2.24) is 0 Å². The van der Waals surface area contributed by atoms with Crippen LogP contribution in [0.15, 0.2) is 73.1 Å². The number of hydrogen-bond acceptors (Lipinski definition) is 7. The standard InChI is InChI=1S/C30H42O7Si2/c1-8-33-23-28(34-36-29(31)24-15-19-26(20-16-24)38(9-2,10-3)11-4)35-37-30(32)25-17-21-27(22-18-25)39(12-5,13-6)14-7/h9,12,15-22,28H,2,5,8,10-11,13-14,23H2,1,3-4,6-7H3. The van der Waals surface area contributed by atoms with Gasteiger partial charge in [-0.3, -0.25) is 9.78 Å². The molecule has 39 heavy (non-hydrogen) atoms. The molecule has 0 amide bonds. The van der Waals surface area contributed by atoms with Crippen molar-refractivity contribution in [3.05, 3.63) is 84.2 Å². The Morgan fingerprint density at radius 2 is 1.05 bits per heavy atom. The summed E-state index contributed by atoms with van der Waals surface area (Å²) in [5, 5.41) is 2.42. The third-order valence-corrected chi connectivity index (χ3v) is 17.2. The Morgan fingerprint density at radius 1 is 0.692 bits per heavy atom. The summed E-state index contributed by atoms with van der Waals surface area (Å²) >= 11 is 0. The van der Waals surface area contributed by atoms with Crippen molar-refractivity contribution < 1.29 is 33.9 Å². The second kappa shape index (κ2) is 15.7. The largest absolute Gasteiger partial charge is 0.376 e. The molecule has 0 atom stereocenters. The van der Waals surface area contributed by atoms with E-state index in [4.69, 9.17) is 24.3 Å². The van der Waals surface area contributed by atoms with Gasteiger partial charge < -0.3 is 4.74 Å². The van der Waals surface area contributed by atoms with E-state index in [9.17, 15) is 9.59 Å². The first-order valence-electron chi connectivity index (χ1n) is 13.6. The highest BCUT2D eigenvalue weighted by Gasteiger charge is 2.29. The molecule has 0 radical (unpaired) electrons. The second-order valence-corrected chi connectivity index (χ2v) is 18.7. The second-order valence-electron chi connectivity index (χ2n) is 9.31. The molecule has 0 fully saturated rings. The fourth-order valence-corrected chi connectivity index (χ4v) is 10.5.